The van der Waals surface area contributed by atoms with Gasteiger partial charge in [0.2, 0.25) is 0 Å². The molecule has 0 spiro atoms. The maximum atomic E-state index is 2.16. The molecule has 2 rings (SSSR count). The molecular formula is C14H18Co+. The van der Waals surface area contributed by atoms with Crippen LogP contribution >= 0.6 is 0 Å². The van der Waals surface area contributed by atoms with Crippen molar-refractivity contribution < 1.29 is 16.8 Å². The average molecular weight is 245 g/mol. The fourth-order valence-corrected chi connectivity index (χ4v) is 1.30. The van der Waals surface area contributed by atoms with Crippen LogP contribution in [0.4, 0.5) is 0 Å². The van der Waals surface area contributed by atoms with Crippen LogP contribution in [0.3, 0.4) is 0 Å². The van der Waals surface area contributed by atoms with Gasteiger partial charge in [0.15, 0.2) is 0 Å². The van der Waals surface area contributed by atoms with E-state index in [0.717, 1.165) is 12.8 Å². The molecule has 0 aliphatic carbocycles. The molecule has 0 bridgehead atoms. The zero-order valence-electron chi connectivity index (χ0n) is 9.37. The van der Waals surface area contributed by atoms with Gasteiger partial charge in [0, 0.05) is 0 Å². The van der Waals surface area contributed by atoms with E-state index < -0.39 is 0 Å². The molecule has 0 radical (unpaired) electrons. The molecule has 0 aliphatic heterocycles. The van der Waals surface area contributed by atoms with Gasteiger partial charge in [-0.05, 0) is 0 Å². The fraction of sp³-hybridized carbons (Fsp3) is 0.286. The molecule has 1 heteroatoms. The molecule has 0 N–H and O–H groups in total. The summed E-state index contributed by atoms with van der Waals surface area (Å²) in [4.78, 5) is 0. The van der Waals surface area contributed by atoms with E-state index in [1.165, 1.54) is 11.1 Å². The van der Waals surface area contributed by atoms with E-state index in [1.807, 2.05) is 0 Å². The quantitative estimate of drug-likeness (QED) is 0.703. The topological polar surface area (TPSA) is 0 Å². The van der Waals surface area contributed by atoms with Crippen LogP contribution in [0.25, 0.3) is 0 Å². The molecule has 0 saturated heterocycles. The summed E-state index contributed by atoms with van der Waals surface area (Å²) in [5, 5.41) is 0. The molecule has 0 amide bonds. The van der Waals surface area contributed by atoms with E-state index in [9.17, 15) is 0 Å². The van der Waals surface area contributed by atoms with Gasteiger partial charge in [-0.2, -0.15) is 35.4 Å². The minimum absolute atomic E-state index is 0. The van der Waals surface area contributed by atoms with E-state index in [-0.39, 0.29) is 16.8 Å². The number of aryl methyl sites for hydroxylation is 2. The van der Waals surface area contributed by atoms with Crippen molar-refractivity contribution in [2.45, 2.75) is 26.7 Å². The van der Waals surface area contributed by atoms with Crippen LogP contribution < -0.4 is 0 Å². The van der Waals surface area contributed by atoms with Crippen molar-refractivity contribution in [1.82, 2.24) is 0 Å². The minimum atomic E-state index is 0. The van der Waals surface area contributed by atoms with Gasteiger partial charge >= 0.3 is 16.8 Å². The van der Waals surface area contributed by atoms with Crippen LogP contribution in [0.5, 0.6) is 0 Å². The van der Waals surface area contributed by atoms with Crippen LogP contribution in [0.1, 0.15) is 25.0 Å². The van der Waals surface area contributed by atoms with Crippen LogP contribution in [0, 0.1) is 0 Å². The summed E-state index contributed by atoms with van der Waals surface area (Å²) < 4.78 is 0. The molecule has 0 nitrogen and oxygen atoms in total. The van der Waals surface area contributed by atoms with E-state index in [1.54, 1.807) is 0 Å². The molecule has 0 heterocycles. The van der Waals surface area contributed by atoms with Crippen molar-refractivity contribution in [3.05, 3.63) is 59.7 Å². The summed E-state index contributed by atoms with van der Waals surface area (Å²) in [5.41, 5.74) is 2.86. The maximum Gasteiger partial charge on any atom is 3.00 e. The van der Waals surface area contributed by atoms with Gasteiger partial charge in [-0.1, -0.05) is 26.7 Å². The first-order chi connectivity index (χ1) is 6.86. The second-order valence-corrected chi connectivity index (χ2v) is 3.29. The summed E-state index contributed by atoms with van der Waals surface area (Å²) >= 11 is 0. The molecular weight excluding hydrogens is 227 g/mol. The van der Waals surface area contributed by atoms with Gasteiger partial charge in [-0.25, -0.2) is 24.3 Å². The molecule has 0 aromatic heterocycles. The van der Waals surface area contributed by atoms with Gasteiger partial charge < -0.3 is 0 Å². The molecule has 2 aromatic rings. The Balaban J connectivity index is 0.000000245. The third-order valence-electron chi connectivity index (χ3n) is 2.28. The molecule has 2 aromatic carbocycles. The molecule has 0 unspecified atom stereocenters. The zero-order valence-corrected chi connectivity index (χ0v) is 10.4. The Hall–Kier alpha value is -0.794. The Labute approximate surface area is 103 Å². The summed E-state index contributed by atoms with van der Waals surface area (Å²) in [7, 11) is 0. The summed E-state index contributed by atoms with van der Waals surface area (Å²) in [6.45, 7) is 4.32. The van der Waals surface area contributed by atoms with Crippen LogP contribution in [0.2, 0.25) is 0 Å². The Morgan fingerprint density at radius 2 is 0.933 bits per heavy atom. The zero-order chi connectivity index (χ0) is 10.2. The Kier molecular flexibility index (Phi) is 8.06. The third-order valence-corrected chi connectivity index (χ3v) is 2.28. The van der Waals surface area contributed by atoms with Crippen molar-refractivity contribution in [3.8, 4) is 0 Å². The van der Waals surface area contributed by atoms with Crippen LogP contribution in [-0.2, 0) is 29.6 Å². The Morgan fingerprint density at radius 1 is 0.667 bits per heavy atom. The Morgan fingerprint density at radius 3 is 1.07 bits per heavy atom. The largest absolute Gasteiger partial charge is 3.00 e. The molecule has 0 atom stereocenters. The van der Waals surface area contributed by atoms with Crippen molar-refractivity contribution in [1.29, 1.82) is 0 Å². The van der Waals surface area contributed by atoms with Gasteiger partial charge in [0.1, 0.15) is 0 Å². The summed E-state index contributed by atoms with van der Waals surface area (Å²) in [6.07, 6.45) is 2.32. The summed E-state index contributed by atoms with van der Waals surface area (Å²) in [6, 6.07) is 16.8. The van der Waals surface area contributed by atoms with Crippen LogP contribution in [-0.4, -0.2) is 0 Å². The monoisotopic (exact) mass is 245 g/mol. The number of hydrogen-bond acceptors (Lipinski definition) is 0. The van der Waals surface area contributed by atoms with Crippen molar-refractivity contribution in [2.24, 2.45) is 0 Å². The second kappa shape index (κ2) is 8.51. The predicted octanol–water partition coefficient (Wildman–Crippen LogP) is 3.93. The fourth-order valence-electron chi connectivity index (χ4n) is 1.30. The smallest absolute Gasteiger partial charge is 0.213 e. The van der Waals surface area contributed by atoms with Gasteiger partial charge in [0.25, 0.3) is 0 Å². The normalized spacial score (nSPS) is 8.67. The van der Waals surface area contributed by atoms with E-state index in [4.69, 9.17) is 0 Å². The van der Waals surface area contributed by atoms with Gasteiger partial charge in [0.05, 0.1) is 0 Å². The first kappa shape index (κ1) is 14.2. The minimum Gasteiger partial charge on any atom is -0.213 e. The predicted molar refractivity (Wildman–Crippen MR) is 62.8 cm³/mol. The maximum absolute atomic E-state index is 2.16. The SMILES string of the molecule is CC[c-]1cccc1.CC[c-]1cccc1.[Co+3]. The van der Waals surface area contributed by atoms with Crippen molar-refractivity contribution in [2.75, 3.05) is 0 Å². The average Bonchev–Trinajstić information content (AvgIpc) is 2.92. The molecule has 0 fully saturated rings. The molecule has 0 saturated carbocycles. The molecule has 0 aliphatic rings. The van der Waals surface area contributed by atoms with E-state index in [2.05, 4.69) is 62.4 Å². The van der Waals surface area contributed by atoms with Crippen LogP contribution in [0.15, 0.2) is 48.5 Å². The van der Waals surface area contributed by atoms with Gasteiger partial charge in [-0.3, -0.25) is 0 Å². The van der Waals surface area contributed by atoms with E-state index >= 15 is 0 Å². The van der Waals surface area contributed by atoms with Gasteiger partial charge in [-0.15, -0.1) is 0 Å². The Bertz CT molecular complexity index is 269. The first-order valence-corrected chi connectivity index (χ1v) is 5.28. The number of rotatable bonds is 2. The second-order valence-electron chi connectivity index (χ2n) is 3.29. The van der Waals surface area contributed by atoms with Crippen molar-refractivity contribution in [3.63, 3.8) is 0 Å². The van der Waals surface area contributed by atoms with Crippen molar-refractivity contribution >= 4 is 0 Å². The first-order valence-electron chi connectivity index (χ1n) is 5.28. The van der Waals surface area contributed by atoms with E-state index in [0.29, 0.717) is 0 Å². The third kappa shape index (κ3) is 5.60. The molecule has 82 valence electrons. The summed E-state index contributed by atoms with van der Waals surface area (Å²) in [5.74, 6) is 0. The molecule has 15 heavy (non-hydrogen) atoms. The number of hydrogen-bond donors (Lipinski definition) is 0. The standard InChI is InChI=1S/2C7H9.Co/c2*1-2-7-5-3-4-6-7;/h2*3-6H,2H2,1H3;/q2*-1;+3.